The van der Waals surface area contributed by atoms with Crippen molar-refractivity contribution in [2.45, 2.75) is 6.61 Å². The number of aromatic hydroxyl groups is 1. The first-order chi connectivity index (χ1) is 9.22. The van der Waals surface area contributed by atoms with Crippen molar-refractivity contribution in [3.05, 3.63) is 60.0 Å². The van der Waals surface area contributed by atoms with Crippen LogP contribution in [0.25, 0.3) is 10.9 Å². The van der Waals surface area contributed by atoms with Gasteiger partial charge in [0, 0.05) is 22.7 Å². The average molecular weight is 257 g/mol. The number of ether oxygens (including phenoxy) is 1. The van der Waals surface area contributed by atoms with E-state index >= 15 is 0 Å². The molecule has 0 aliphatic carbocycles. The number of benzene rings is 2. The minimum atomic E-state index is -0.264. The van der Waals surface area contributed by atoms with Gasteiger partial charge in [0.05, 0.1) is 0 Å². The molecule has 0 radical (unpaired) electrons. The molecule has 0 saturated heterocycles. The molecule has 0 bridgehead atoms. The van der Waals surface area contributed by atoms with Crippen LogP contribution in [0.1, 0.15) is 5.56 Å². The van der Waals surface area contributed by atoms with E-state index < -0.39 is 0 Å². The maximum absolute atomic E-state index is 13.1. The number of phenols is 1. The van der Waals surface area contributed by atoms with Crippen LogP contribution in [-0.2, 0) is 6.61 Å². The smallest absolute Gasteiger partial charge is 0.125 e. The van der Waals surface area contributed by atoms with Crippen LogP contribution in [0, 0.1) is 5.82 Å². The van der Waals surface area contributed by atoms with Crippen LogP contribution in [0.5, 0.6) is 11.5 Å². The van der Waals surface area contributed by atoms with Crippen LogP contribution < -0.4 is 4.74 Å². The van der Waals surface area contributed by atoms with E-state index in [2.05, 4.69) is 4.98 Å². The number of halogens is 1. The van der Waals surface area contributed by atoms with Gasteiger partial charge in [-0.2, -0.15) is 0 Å². The summed E-state index contributed by atoms with van der Waals surface area (Å²) >= 11 is 0. The topological polar surface area (TPSA) is 45.2 Å². The molecule has 0 aliphatic heterocycles. The molecule has 3 rings (SSSR count). The Bertz CT molecular complexity index is 704. The van der Waals surface area contributed by atoms with Crippen LogP contribution >= 0.6 is 0 Å². The molecule has 19 heavy (non-hydrogen) atoms. The second-order valence-electron chi connectivity index (χ2n) is 4.29. The summed E-state index contributed by atoms with van der Waals surface area (Å²) < 4.78 is 18.7. The summed E-state index contributed by atoms with van der Waals surface area (Å²) in [5.74, 6) is 0.615. The fourth-order valence-electron chi connectivity index (χ4n) is 1.98. The van der Waals surface area contributed by atoms with Gasteiger partial charge in [0.2, 0.25) is 0 Å². The largest absolute Gasteiger partial charge is 0.508 e. The molecule has 4 heteroatoms. The van der Waals surface area contributed by atoms with Crippen molar-refractivity contribution in [1.29, 1.82) is 0 Å². The predicted molar refractivity (Wildman–Crippen MR) is 70.7 cm³/mol. The third-order valence-corrected chi connectivity index (χ3v) is 2.96. The summed E-state index contributed by atoms with van der Waals surface area (Å²) in [6, 6.07) is 11.2. The van der Waals surface area contributed by atoms with E-state index in [-0.39, 0.29) is 11.6 Å². The first-order valence-corrected chi connectivity index (χ1v) is 5.90. The second kappa shape index (κ2) is 4.65. The Morgan fingerprint density at radius 3 is 2.68 bits per heavy atom. The Morgan fingerprint density at radius 2 is 1.89 bits per heavy atom. The fourth-order valence-corrected chi connectivity index (χ4v) is 1.98. The molecule has 0 amide bonds. The van der Waals surface area contributed by atoms with Crippen molar-refractivity contribution in [2.75, 3.05) is 0 Å². The Hall–Kier alpha value is -2.49. The molecule has 0 aliphatic rings. The zero-order valence-corrected chi connectivity index (χ0v) is 10.1. The van der Waals surface area contributed by atoms with Crippen molar-refractivity contribution in [3.63, 3.8) is 0 Å². The number of hydrogen-bond acceptors (Lipinski definition) is 2. The Labute approximate surface area is 109 Å². The maximum atomic E-state index is 13.1. The van der Waals surface area contributed by atoms with Gasteiger partial charge in [-0.3, -0.25) is 0 Å². The van der Waals surface area contributed by atoms with E-state index in [1.807, 2.05) is 6.20 Å². The highest BCUT2D eigenvalue weighted by atomic mass is 19.1. The van der Waals surface area contributed by atoms with E-state index in [0.717, 1.165) is 16.5 Å². The Kier molecular flexibility index (Phi) is 2.83. The zero-order chi connectivity index (χ0) is 13.2. The molecule has 1 aromatic heterocycles. The normalized spacial score (nSPS) is 10.8. The van der Waals surface area contributed by atoms with Gasteiger partial charge < -0.3 is 14.8 Å². The fraction of sp³-hybridized carbons (Fsp3) is 0.0667. The van der Waals surface area contributed by atoms with Crippen LogP contribution in [0.3, 0.4) is 0 Å². The highest BCUT2D eigenvalue weighted by Crippen LogP contribution is 2.22. The van der Waals surface area contributed by atoms with Gasteiger partial charge in [0.25, 0.3) is 0 Å². The molecular weight excluding hydrogens is 245 g/mol. The third-order valence-electron chi connectivity index (χ3n) is 2.96. The lowest BCUT2D eigenvalue weighted by Gasteiger charge is -2.05. The van der Waals surface area contributed by atoms with Crippen molar-refractivity contribution < 1.29 is 14.2 Å². The molecule has 0 unspecified atom stereocenters. The summed E-state index contributed by atoms with van der Waals surface area (Å²) in [5.41, 5.74) is 1.72. The minimum absolute atomic E-state index is 0.204. The zero-order valence-electron chi connectivity index (χ0n) is 10.1. The molecule has 0 atom stereocenters. The maximum Gasteiger partial charge on any atom is 0.125 e. The number of fused-ring (bicyclic) bond motifs is 1. The van der Waals surface area contributed by atoms with E-state index in [1.165, 1.54) is 12.1 Å². The second-order valence-corrected chi connectivity index (χ2v) is 4.29. The molecule has 1 heterocycles. The first-order valence-electron chi connectivity index (χ1n) is 5.90. The van der Waals surface area contributed by atoms with Crippen molar-refractivity contribution in [1.82, 2.24) is 4.98 Å². The SMILES string of the molecule is Oc1ccc(OCc2c[nH]c3cc(F)ccc23)cc1. The number of aromatic amines is 1. The van der Waals surface area contributed by atoms with Crippen LogP contribution in [0.15, 0.2) is 48.7 Å². The van der Waals surface area contributed by atoms with Crippen molar-refractivity contribution >= 4 is 10.9 Å². The molecule has 2 N–H and O–H groups in total. The van der Waals surface area contributed by atoms with Gasteiger partial charge in [-0.25, -0.2) is 4.39 Å². The quantitative estimate of drug-likeness (QED) is 0.753. The standard InChI is InChI=1S/C15H12FNO2/c16-11-1-6-14-10(8-17-15(14)7-11)9-19-13-4-2-12(18)3-5-13/h1-8,17-18H,9H2. The van der Waals surface area contributed by atoms with Crippen LogP contribution in [0.4, 0.5) is 4.39 Å². The summed E-state index contributed by atoms with van der Waals surface area (Å²) in [7, 11) is 0. The van der Waals surface area contributed by atoms with Gasteiger partial charge >= 0.3 is 0 Å². The Morgan fingerprint density at radius 1 is 1.11 bits per heavy atom. The molecule has 0 fully saturated rings. The molecule has 3 aromatic rings. The van der Waals surface area contributed by atoms with Gasteiger partial charge in [0.1, 0.15) is 23.9 Å². The monoisotopic (exact) mass is 257 g/mol. The minimum Gasteiger partial charge on any atom is -0.508 e. The van der Waals surface area contributed by atoms with Gasteiger partial charge in [-0.15, -0.1) is 0 Å². The molecule has 3 nitrogen and oxygen atoms in total. The highest BCUT2D eigenvalue weighted by molar-refractivity contribution is 5.83. The number of H-pyrrole nitrogens is 1. The third kappa shape index (κ3) is 2.38. The molecule has 2 aromatic carbocycles. The predicted octanol–water partition coefficient (Wildman–Crippen LogP) is 3.59. The van der Waals surface area contributed by atoms with E-state index in [0.29, 0.717) is 12.4 Å². The van der Waals surface area contributed by atoms with Crippen LogP contribution in [0.2, 0.25) is 0 Å². The lowest BCUT2D eigenvalue weighted by Crippen LogP contribution is -1.94. The van der Waals surface area contributed by atoms with Gasteiger partial charge in [0.15, 0.2) is 0 Å². The van der Waals surface area contributed by atoms with Crippen molar-refractivity contribution in [3.8, 4) is 11.5 Å². The number of rotatable bonds is 3. The van der Waals surface area contributed by atoms with Gasteiger partial charge in [-0.1, -0.05) is 0 Å². The summed E-state index contributed by atoms with van der Waals surface area (Å²) in [5, 5.41) is 10.1. The lowest BCUT2D eigenvalue weighted by atomic mass is 10.2. The van der Waals surface area contributed by atoms with Crippen LogP contribution in [-0.4, -0.2) is 10.1 Å². The number of nitrogens with one attached hydrogen (secondary N) is 1. The number of aromatic nitrogens is 1. The molecule has 0 saturated carbocycles. The molecule has 0 spiro atoms. The van der Waals surface area contributed by atoms with E-state index in [4.69, 9.17) is 4.74 Å². The molecular formula is C15H12FNO2. The number of phenolic OH excluding ortho intramolecular Hbond substituents is 1. The molecule has 96 valence electrons. The first kappa shape index (κ1) is 11.6. The average Bonchev–Trinajstić information content (AvgIpc) is 2.80. The van der Waals surface area contributed by atoms with E-state index in [9.17, 15) is 9.50 Å². The Balaban J connectivity index is 1.80. The van der Waals surface area contributed by atoms with Gasteiger partial charge in [-0.05, 0) is 42.5 Å². The van der Waals surface area contributed by atoms with E-state index in [1.54, 1.807) is 30.3 Å². The number of hydrogen-bond donors (Lipinski definition) is 2. The van der Waals surface area contributed by atoms with Crippen molar-refractivity contribution in [2.24, 2.45) is 0 Å². The summed E-state index contributed by atoms with van der Waals surface area (Å²) in [4.78, 5) is 3.01. The summed E-state index contributed by atoms with van der Waals surface area (Å²) in [6.07, 6.45) is 1.81. The highest BCUT2D eigenvalue weighted by Gasteiger charge is 2.05. The lowest BCUT2D eigenvalue weighted by molar-refractivity contribution is 0.307. The summed E-state index contributed by atoms with van der Waals surface area (Å²) in [6.45, 7) is 0.385.